The van der Waals surface area contributed by atoms with Crippen LogP contribution in [0.5, 0.6) is 0 Å². The molecule has 0 unspecified atom stereocenters. The largest absolute Gasteiger partial charge is 0.241 e. The standard InChI is InChI=1S/C11H15ClN2/c1-11(5-2-3-6-11)10-13-7-4-9(8-12)14-10/h4,7H,2-3,5-6,8H2,1H3. The second-order valence-corrected chi connectivity index (χ2v) is 4.54. The van der Waals surface area contributed by atoms with Gasteiger partial charge in [0, 0.05) is 11.6 Å². The Morgan fingerprint density at radius 2 is 2.14 bits per heavy atom. The zero-order valence-corrected chi connectivity index (χ0v) is 9.22. The molecule has 0 bridgehead atoms. The number of hydrogen-bond donors (Lipinski definition) is 0. The van der Waals surface area contributed by atoms with E-state index in [0.717, 1.165) is 11.5 Å². The van der Waals surface area contributed by atoms with Gasteiger partial charge in [0.1, 0.15) is 5.82 Å². The number of rotatable bonds is 2. The summed E-state index contributed by atoms with van der Waals surface area (Å²) in [7, 11) is 0. The molecule has 2 nitrogen and oxygen atoms in total. The first kappa shape index (κ1) is 9.91. The van der Waals surface area contributed by atoms with Crippen molar-refractivity contribution in [2.45, 2.75) is 43.9 Å². The minimum Gasteiger partial charge on any atom is -0.241 e. The molecule has 0 aromatic carbocycles. The monoisotopic (exact) mass is 210 g/mol. The first-order valence-electron chi connectivity index (χ1n) is 5.13. The van der Waals surface area contributed by atoms with Crippen LogP contribution in [0.15, 0.2) is 12.3 Å². The van der Waals surface area contributed by atoms with E-state index in [1.807, 2.05) is 12.3 Å². The second kappa shape index (κ2) is 3.85. The summed E-state index contributed by atoms with van der Waals surface area (Å²) in [4.78, 5) is 8.87. The van der Waals surface area contributed by atoms with Gasteiger partial charge in [-0.05, 0) is 18.9 Å². The lowest BCUT2D eigenvalue weighted by atomic mass is 9.88. The molecule has 0 aliphatic heterocycles. The third kappa shape index (κ3) is 1.76. The number of alkyl halides is 1. The van der Waals surface area contributed by atoms with E-state index in [-0.39, 0.29) is 5.41 Å². The Bertz CT molecular complexity index is 319. The smallest absolute Gasteiger partial charge is 0.134 e. The van der Waals surface area contributed by atoms with Crippen LogP contribution >= 0.6 is 11.6 Å². The van der Waals surface area contributed by atoms with Gasteiger partial charge < -0.3 is 0 Å². The Labute approximate surface area is 89.7 Å². The fraction of sp³-hybridized carbons (Fsp3) is 0.636. The number of halogens is 1. The quantitative estimate of drug-likeness (QED) is 0.702. The topological polar surface area (TPSA) is 25.8 Å². The summed E-state index contributed by atoms with van der Waals surface area (Å²) in [6.45, 7) is 2.26. The highest BCUT2D eigenvalue weighted by Gasteiger charge is 2.33. The van der Waals surface area contributed by atoms with Crippen LogP contribution in [0.1, 0.15) is 44.1 Å². The Morgan fingerprint density at radius 1 is 1.43 bits per heavy atom. The third-order valence-electron chi connectivity index (χ3n) is 3.10. The van der Waals surface area contributed by atoms with Crippen molar-refractivity contribution in [3.05, 3.63) is 23.8 Å². The van der Waals surface area contributed by atoms with Gasteiger partial charge >= 0.3 is 0 Å². The molecular formula is C11H15ClN2. The van der Waals surface area contributed by atoms with E-state index in [1.165, 1.54) is 25.7 Å². The molecule has 1 aromatic rings. The average Bonchev–Trinajstić information content (AvgIpc) is 2.67. The molecule has 1 aliphatic rings. The highest BCUT2D eigenvalue weighted by atomic mass is 35.5. The van der Waals surface area contributed by atoms with Gasteiger partial charge in [0.15, 0.2) is 0 Å². The van der Waals surface area contributed by atoms with Gasteiger partial charge in [-0.1, -0.05) is 19.8 Å². The van der Waals surface area contributed by atoms with Crippen molar-refractivity contribution >= 4 is 11.6 Å². The van der Waals surface area contributed by atoms with E-state index in [2.05, 4.69) is 16.9 Å². The van der Waals surface area contributed by atoms with Crippen molar-refractivity contribution in [1.29, 1.82) is 0 Å². The van der Waals surface area contributed by atoms with Gasteiger partial charge in [0.2, 0.25) is 0 Å². The van der Waals surface area contributed by atoms with Gasteiger partial charge in [-0.25, -0.2) is 9.97 Å². The first-order valence-corrected chi connectivity index (χ1v) is 5.66. The fourth-order valence-corrected chi connectivity index (χ4v) is 2.29. The van der Waals surface area contributed by atoms with Gasteiger partial charge in [-0.2, -0.15) is 0 Å². The van der Waals surface area contributed by atoms with E-state index in [1.54, 1.807) is 0 Å². The van der Waals surface area contributed by atoms with Crippen LogP contribution in [0.3, 0.4) is 0 Å². The summed E-state index contributed by atoms with van der Waals surface area (Å²) >= 11 is 5.76. The summed E-state index contributed by atoms with van der Waals surface area (Å²) in [6.07, 6.45) is 6.83. The highest BCUT2D eigenvalue weighted by Crippen LogP contribution is 2.38. The molecule has 1 aromatic heterocycles. The molecule has 14 heavy (non-hydrogen) atoms. The van der Waals surface area contributed by atoms with E-state index < -0.39 is 0 Å². The maximum atomic E-state index is 5.76. The van der Waals surface area contributed by atoms with Crippen LogP contribution in [-0.2, 0) is 11.3 Å². The lowest BCUT2D eigenvalue weighted by Crippen LogP contribution is -2.21. The summed E-state index contributed by atoms with van der Waals surface area (Å²) in [5.41, 5.74) is 1.13. The van der Waals surface area contributed by atoms with E-state index in [9.17, 15) is 0 Å². The fourth-order valence-electron chi connectivity index (χ4n) is 2.14. The molecule has 0 saturated heterocycles. The number of hydrogen-bond acceptors (Lipinski definition) is 2. The summed E-state index contributed by atoms with van der Waals surface area (Å²) < 4.78 is 0. The Balaban J connectivity index is 2.30. The Hall–Kier alpha value is -0.630. The molecule has 3 heteroatoms. The Morgan fingerprint density at radius 3 is 2.79 bits per heavy atom. The van der Waals surface area contributed by atoms with Crippen molar-refractivity contribution in [2.75, 3.05) is 0 Å². The van der Waals surface area contributed by atoms with E-state index >= 15 is 0 Å². The molecule has 0 N–H and O–H groups in total. The van der Waals surface area contributed by atoms with Crippen LogP contribution < -0.4 is 0 Å². The first-order chi connectivity index (χ1) is 6.74. The summed E-state index contributed by atoms with van der Waals surface area (Å²) in [5.74, 6) is 1.46. The van der Waals surface area contributed by atoms with Gasteiger partial charge in [0.05, 0.1) is 11.6 Å². The molecule has 1 fully saturated rings. The zero-order valence-electron chi connectivity index (χ0n) is 8.46. The Kier molecular flexibility index (Phi) is 2.73. The lowest BCUT2D eigenvalue weighted by Gasteiger charge is -2.21. The van der Waals surface area contributed by atoms with Gasteiger partial charge in [0.25, 0.3) is 0 Å². The average molecular weight is 211 g/mol. The SMILES string of the molecule is CC1(c2nccc(CCl)n2)CCCC1. The molecule has 1 aliphatic carbocycles. The number of nitrogens with zero attached hydrogens (tertiary/aromatic N) is 2. The van der Waals surface area contributed by atoms with Crippen LogP contribution in [-0.4, -0.2) is 9.97 Å². The predicted octanol–water partition coefficient (Wildman–Crippen LogP) is 3.05. The van der Waals surface area contributed by atoms with Crippen molar-refractivity contribution in [2.24, 2.45) is 0 Å². The molecule has 76 valence electrons. The molecule has 0 spiro atoms. The molecule has 0 amide bonds. The summed E-state index contributed by atoms with van der Waals surface area (Å²) in [5, 5.41) is 0. The van der Waals surface area contributed by atoms with Gasteiger partial charge in [-0.3, -0.25) is 0 Å². The maximum absolute atomic E-state index is 5.76. The van der Waals surface area contributed by atoms with Crippen molar-refractivity contribution < 1.29 is 0 Å². The zero-order chi connectivity index (χ0) is 10.0. The molecule has 1 saturated carbocycles. The van der Waals surface area contributed by atoms with E-state index in [4.69, 9.17) is 11.6 Å². The molecular weight excluding hydrogens is 196 g/mol. The highest BCUT2D eigenvalue weighted by molar-refractivity contribution is 6.16. The van der Waals surface area contributed by atoms with Gasteiger partial charge in [-0.15, -0.1) is 11.6 Å². The van der Waals surface area contributed by atoms with Crippen molar-refractivity contribution in [3.8, 4) is 0 Å². The number of aromatic nitrogens is 2. The van der Waals surface area contributed by atoms with Crippen molar-refractivity contribution in [1.82, 2.24) is 9.97 Å². The van der Waals surface area contributed by atoms with Crippen molar-refractivity contribution in [3.63, 3.8) is 0 Å². The molecule has 2 rings (SSSR count). The second-order valence-electron chi connectivity index (χ2n) is 4.27. The van der Waals surface area contributed by atoms with E-state index in [0.29, 0.717) is 5.88 Å². The lowest BCUT2D eigenvalue weighted by molar-refractivity contribution is 0.457. The minimum atomic E-state index is 0.196. The molecule has 1 heterocycles. The normalized spacial score (nSPS) is 19.9. The minimum absolute atomic E-state index is 0.196. The predicted molar refractivity (Wildman–Crippen MR) is 57.4 cm³/mol. The van der Waals surface area contributed by atoms with Crippen LogP contribution in [0.25, 0.3) is 0 Å². The molecule has 0 atom stereocenters. The van der Waals surface area contributed by atoms with Crippen LogP contribution in [0, 0.1) is 0 Å². The molecule has 0 radical (unpaired) electrons. The summed E-state index contributed by atoms with van der Waals surface area (Å²) in [6, 6.07) is 1.88. The third-order valence-corrected chi connectivity index (χ3v) is 3.37. The maximum Gasteiger partial charge on any atom is 0.134 e. The van der Waals surface area contributed by atoms with Crippen LogP contribution in [0.2, 0.25) is 0 Å². The van der Waals surface area contributed by atoms with Crippen LogP contribution in [0.4, 0.5) is 0 Å².